The maximum absolute atomic E-state index is 11.7. The normalized spacial score (nSPS) is 17.9. The van der Waals surface area contributed by atoms with Gasteiger partial charge in [0.05, 0.1) is 0 Å². The molecule has 0 radical (unpaired) electrons. The van der Waals surface area contributed by atoms with Gasteiger partial charge < -0.3 is 10.2 Å². The van der Waals surface area contributed by atoms with Gasteiger partial charge in [0.1, 0.15) is 0 Å². The van der Waals surface area contributed by atoms with E-state index in [2.05, 4.69) is 13.8 Å². The Morgan fingerprint density at radius 2 is 1.65 bits per heavy atom. The zero-order chi connectivity index (χ0) is 14.5. The lowest BCUT2D eigenvalue weighted by molar-refractivity contribution is -0.155. The standard InChI is InChI=1S/C17H16O3/c1-16(2)13-9-8-12(10-14(13)16)17(20,15(18)19)11-6-4-3-5-7-11/h3-10,20H,1-2H3,(H,18,19). The molecule has 0 heterocycles. The summed E-state index contributed by atoms with van der Waals surface area (Å²) >= 11 is 0. The van der Waals surface area contributed by atoms with Gasteiger partial charge in [-0.2, -0.15) is 0 Å². The average Bonchev–Trinajstić information content (AvgIpc) is 3.00. The van der Waals surface area contributed by atoms with Crippen molar-refractivity contribution in [2.45, 2.75) is 24.9 Å². The molecule has 1 unspecified atom stereocenters. The largest absolute Gasteiger partial charge is 0.479 e. The molecule has 3 heteroatoms. The van der Waals surface area contributed by atoms with Gasteiger partial charge in [-0.15, -0.1) is 0 Å². The summed E-state index contributed by atoms with van der Waals surface area (Å²) in [4.78, 5) is 11.7. The summed E-state index contributed by atoms with van der Waals surface area (Å²) in [6, 6.07) is 13.9. The van der Waals surface area contributed by atoms with Crippen LogP contribution in [0, 0.1) is 0 Å². The van der Waals surface area contributed by atoms with Gasteiger partial charge in [0.25, 0.3) is 0 Å². The molecule has 2 N–H and O–H groups in total. The SMILES string of the molecule is CC1(C)c2ccc(C(O)(C(=O)O)c3ccccc3)cc21. The van der Waals surface area contributed by atoms with Crippen LogP contribution in [0.3, 0.4) is 0 Å². The van der Waals surface area contributed by atoms with Gasteiger partial charge in [-0.25, -0.2) is 4.79 Å². The van der Waals surface area contributed by atoms with E-state index in [1.165, 1.54) is 5.56 Å². The molecule has 0 spiro atoms. The van der Waals surface area contributed by atoms with Gasteiger partial charge in [0.15, 0.2) is 0 Å². The van der Waals surface area contributed by atoms with Crippen LogP contribution in [0.15, 0.2) is 48.5 Å². The number of carbonyl (C=O) groups is 1. The van der Waals surface area contributed by atoms with Crippen molar-refractivity contribution in [3.8, 4) is 0 Å². The number of benzene rings is 2. The second-order valence-corrected chi connectivity index (χ2v) is 5.77. The number of carboxylic acid groups (broad SMARTS) is 1. The maximum Gasteiger partial charge on any atom is 0.345 e. The first kappa shape index (κ1) is 12.9. The fraction of sp³-hybridized carbons (Fsp3) is 0.235. The molecule has 3 nitrogen and oxygen atoms in total. The molecule has 0 aliphatic heterocycles. The van der Waals surface area contributed by atoms with E-state index in [0.717, 1.165) is 5.56 Å². The Hall–Kier alpha value is -2.13. The number of carboxylic acids is 1. The number of rotatable bonds is 3. The highest BCUT2D eigenvalue weighted by atomic mass is 16.4. The molecule has 20 heavy (non-hydrogen) atoms. The molecule has 1 atom stereocenters. The van der Waals surface area contributed by atoms with Crippen LogP contribution in [0.2, 0.25) is 0 Å². The molecule has 2 aromatic carbocycles. The Kier molecular flexibility index (Phi) is 2.53. The number of fused-ring (bicyclic) bond motifs is 1. The highest BCUT2D eigenvalue weighted by Crippen LogP contribution is 2.50. The van der Waals surface area contributed by atoms with Gasteiger partial charge in [-0.3, -0.25) is 0 Å². The van der Waals surface area contributed by atoms with Gasteiger partial charge >= 0.3 is 5.97 Å². The molecule has 0 bridgehead atoms. The van der Waals surface area contributed by atoms with E-state index < -0.39 is 11.6 Å². The fourth-order valence-electron chi connectivity index (χ4n) is 2.78. The topological polar surface area (TPSA) is 57.5 Å². The van der Waals surface area contributed by atoms with Crippen LogP contribution in [0.4, 0.5) is 0 Å². The summed E-state index contributed by atoms with van der Waals surface area (Å²) in [5.41, 5.74) is 1.07. The first-order valence-electron chi connectivity index (χ1n) is 6.55. The van der Waals surface area contributed by atoms with Crippen LogP contribution in [0.1, 0.15) is 36.1 Å². The molecule has 0 amide bonds. The lowest BCUT2D eigenvalue weighted by Crippen LogP contribution is -2.36. The first-order chi connectivity index (χ1) is 9.38. The van der Waals surface area contributed by atoms with Crippen molar-refractivity contribution in [2.75, 3.05) is 0 Å². The smallest absolute Gasteiger partial charge is 0.345 e. The minimum atomic E-state index is -2.00. The highest BCUT2D eigenvalue weighted by molar-refractivity contribution is 5.84. The molecule has 2 aromatic rings. The summed E-state index contributed by atoms with van der Waals surface area (Å²) in [6.45, 7) is 4.17. The van der Waals surface area contributed by atoms with Crippen LogP contribution in [0.25, 0.3) is 0 Å². The number of hydrogen-bond acceptors (Lipinski definition) is 2. The van der Waals surface area contributed by atoms with Crippen molar-refractivity contribution < 1.29 is 15.0 Å². The molecule has 3 rings (SSSR count). The molecule has 0 aromatic heterocycles. The van der Waals surface area contributed by atoms with E-state index in [0.29, 0.717) is 11.1 Å². The summed E-state index contributed by atoms with van der Waals surface area (Å²) < 4.78 is 0. The van der Waals surface area contributed by atoms with E-state index >= 15 is 0 Å². The molecule has 0 saturated carbocycles. The quantitative estimate of drug-likeness (QED) is 0.899. The molecule has 1 aliphatic rings. The number of aliphatic carboxylic acids is 1. The lowest BCUT2D eigenvalue weighted by atomic mass is 9.86. The van der Waals surface area contributed by atoms with Crippen LogP contribution >= 0.6 is 0 Å². The number of aliphatic hydroxyl groups is 1. The minimum Gasteiger partial charge on any atom is -0.479 e. The van der Waals surface area contributed by atoms with Crippen molar-refractivity contribution in [1.82, 2.24) is 0 Å². The third-order valence-electron chi connectivity index (χ3n) is 4.22. The van der Waals surface area contributed by atoms with Crippen molar-refractivity contribution in [1.29, 1.82) is 0 Å². The van der Waals surface area contributed by atoms with E-state index in [-0.39, 0.29) is 5.41 Å². The van der Waals surface area contributed by atoms with Crippen LogP contribution in [-0.4, -0.2) is 16.2 Å². The maximum atomic E-state index is 11.7. The third kappa shape index (κ3) is 1.60. The average molecular weight is 268 g/mol. The van der Waals surface area contributed by atoms with Crippen molar-refractivity contribution in [3.63, 3.8) is 0 Å². The molecule has 102 valence electrons. The fourth-order valence-corrected chi connectivity index (χ4v) is 2.78. The van der Waals surface area contributed by atoms with Crippen LogP contribution in [0.5, 0.6) is 0 Å². The van der Waals surface area contributed by atoms with E-state index in [9.17, 15) is 15.0 Å². The summed E-state index contributed by atoms with van der Waals surface area (Å²) in [7, 11) is 0. The van der Waals surface area contributed by atoms with E-state index in [1.54, 1.807) is 42.5 Å². The Morgan fingerprint density at radius 1 is 1.00 bits per heavy atom. The number of hydrogen-bond donors (Lipinski definition) is 2. The van der Waals surface area contributed by atoms with E-state index in [4.69, 9.17) is 0 Å². The first-order valence-corrected chi connectivity index (χ1v) is 6.55. The molecule has 0 saturated heterocycles. The summed E-state index contributed by atoms with van der Waals surface area (Å²) in [6.07, 6.45) is 0. The summed E-state index contributed by atoms with van der Waals surface area (Å²) in [5, 5.41) is 20.3. The predicted molar refractivity (Wildman–Crippen MR) is 75.6 cm³/mol. The second-order valence-electron chi connectivity index (χ2n) is 5.77. The molecule has 1 aliphatic carbocycles. The Labute approximate surface area is 117 Å². The van der Waals surface area contributed by atoms with Gasteiger partial charge in [-0.05, 0) is 22.3 Å². The highest BCUT2D eigenvalue weighted by Gasteiger charge is 2.46. The summed E-state index contributed by atoms with van der Waals surface area (Å²) in [5.74, 6) is -1.26. The van der Waals surface area contributed by atoms with Crippen molar-refractivity contribution in [3.05, 3.63) is 70.8 Å². The zero-order valence-corrected chi connectivity index (χ0v) is 11.4. The predicted octanol–water partition coefficient (Wildman–Crippen LogP) is 2.65. The Balaban J connectivity index is 2.14. The lowest BCUT2D eigenvalue weighted by Gasteiger charge is -2.24. The van der Waals surface area contributed by atoms with Crippen molar-refractivity contribution in [2.24, 2.45) is 0 Å². The molecular weight excluding hydrogens is 252 g/mol. The molecular formula is C17H16O3. The third-order valence-corrected chi connectivity index (χ3v) is 4.22. The van der Waals surface area contributed by atoms with Gasteiger partial charge in [0.2, 0.25) is 5.60 Å². The minimum absolute atomic E-state index is 0.00560. The Morgan fingerprint density at radius 3 is 2.20 bits per heavy atom. The van der Waals surface area contributed by atoms with E-state index in [1.807, 2.05) is 6.07 Å². The molecule has 0 fully saturated rings. The van der Waals surface area contributed by atoms with Gasteiger partial charge in [0, 0.05) is 5.41 Å². The second kappa shape index (κ2) is 3.93. The van der Waals surface area contributed by atoms with Gasteiger partial charge in [-0.1, -0.05) is 62.4 Å². The Bertz CT molecular complexity index is 689. The van der Waals surface area contributed by atoms with Crippen LogP contribution in [-0.2, 0) is 15.8 Å². The monoisotopic (exact) mass is 268 g/mol. The van der Waals surface area contributed by atoms with Crippen LogP contribution < -0.4 is 0 Å². The zero-order valence-electron chi connectivity index (χ0n) is 11.4. The van der Waals surface area contributed by atoms with Crippen molar-refractivity contribution >= 4 is 5.97 Å².